The standard InChI is InChI=1S/C21H34O2/c1-4-13-8-9-15-14-11-17(22)16-7-5-6-10-20(16,2)19(14)18(23)12-21(13,15)3/h7,13-15,17-19,22-23H,4-6,8-12H2,1-3H3/t13-,14-,15-,17+,18+,19+,20-,21+/m0/s1. The number of fused-ring (bicyclic) bond motifs is 5. The van der Waals surface area contributed by atoms with Gasteiger partial charge in [-0.25, -0.2) is 0 Å². The Morgan fingerprint density at radius 1 is 1.22 bits per heavy atom. The van der Waals surface area contributed by atoms with Crippen LogP contribution in [0.4, 0.5) is 0 Å². The first kappa shape index (κ1) is 16.1. The molecule has 0 heterocycles. The molecule has 3 saturated carbocycles. The molecular weight excluding hydrogens is 284 g/mol. The number of rotatable bonds is 1. The second kappa shape index (κ2) is 5.33. The summed E-state index contributed by atoms with van der Waals surface area (Å²) < 4.78 is 0. The van der Waals surface area contributed by atoms with E-state index in [1.165, 1.54) is 31.3 Å². The first-order valence-corrected chi connectivity index (χ1v) is 9.98. The molecule has 23 heavy (non-hydrogen) atoms. The molecule has 0 aromatic carbocycles. The molecule has 4 rings (SSSR count). The fourth-order valence-corrected chi connectivity index (χ4v) is 7.72. The zero-order valence-corrected chi connectivity index (χ0v) is 15.1. The zero-order chi connectivity index (χ0) is 16.4. The van der Waals surface area contributed by atoms with Crippen molar-refractivity contribution in [1.82, 2.24) is 0 Å². The van der Waals surface area contributed by atoms with Crippen molar-refractivity contribution >= 4 is 0 Å². The minimum atomic E-state index is -0.267. The molecule has 0 unspecified atom stereocenters. The van der Waals surface area contributed by atoms with Crippen LogP contribution in [0.5, 0.6) is 0 Å². The quantitative estimate of drug-likeness (QED) is 0.707. The molecule has 3 fully saturated rings. The van der Waals surface area contributed by atoms with Crippen LogP contribution in [0.3, 0.4) is 0 Å². The van der Waals surface area contributed by atoms with Gasteiger partial charge in [-0.1, -0.05) is 33.3 Å². The Balaban J connectivity index is 1.75. The Morgan fingerprint density at radius 3 is 2.74 bits per heavy atom. The van der Waals surface area contributed by atoms with E-state index >= 15 is 0 Å². The van der Waals surface area contributed by atoms with Crippen molar-refractivity contribution in [3.63, 3.8) is 0 Å². The van der Waals surface area contributed by atoms with Gasteiger partial charge in [-0.3, -0.25) is 0 Å². The lowest BCUT2D eigenvalue weighted by Crippen LogP contribution is -2.58. The summed E-state index contributed by atoms with van der Waals surface area (Å²) in [6.07, 6.45) is 11.1. The maximum absolute atomic E-state index is 11.2. The first-order valence-electron chi connectivity index (χ1n) is 9.98. The average molecular weight is 319 g/mol. The van der Waals surface area contributed by atoms with Gasteiger partial charge in [-0.2, -0.15) is 0 Å². The van der Waals surface area contributed by atoms with Crippen molar-refractivity contribution in [1.29, 1.82) is 0 Å². The normalized spacial score (nSPS) is 55.6. The lowest BCUT2D eigenvalue weighted by atomic mass is 9.45. The summed E-state index contributed by atoms with van der Waals surface area (Å²) in [6, 6.07) is 0. The molecule has 0 amide bonds. The van der Waals surface area contributed by atoms with Crippen molar-refractivity contribution < 1.29 is 10.2 Å². The molecule has 0 radical (unpaired) electrons. The van der Waals surface area contributed by atoms with E-state index in [-0.39, 0.29) is 17.6 Å². The third kappa shape index (κ3) is 2.07. The van der Waals surface area contributed by atoms with Gasteiger partial charge in [0.1, 0.15) is 0 Å². The highest BCUT2D eigenvalue weighted by atomic mass is 16.3. The van der Waals surface area contributed by atoms with Crippen LogP contribution in [-0.4, -0.2) is 22.4 Å². The summed E-state index contributed by atoms with van der Waals surface area (Å²) in [4.78, 5) is 0. The minimum absolute atomic E-state index is 0.0334. The van der Waals surface area contributed by atoms with Gasteiger partial charge >= 0.3 is 0 Å². The zero-order valence-electron chi connectivity index (χ0n) is 15.1. The molecular formula is C21H34O2. The molecule has 2 N–H and O–H groups in total. The predicted octanol–water partition coefficient (Wildman–Crippen LogP) is 4.31. The summed E-state index contributed by atoms with van der Waals surface area (Å²) >= 11 is 0. The molecule has 0 saturated heterocycles. The van der Waals surface area contributed by atoms with Crippen LogP contribution in [0.2, 0.25) is 0 Å². The maximum Gasteiger partial charge on any atom is 0.0758 e. The average Bonchev–Trinajstić information content (AvgIpc) is 2.82. The molecule has 2 nitrogen and oxygen atoms in total. The van der Waals surface area contributed by atoms with Crippen LogP contribution in [0.15, 0.2) is 11.6 Å². The molecule has 0 aromatic heterocycles. The maximum atomic E-state index is 11.2. The van der Waals surface area contributed by atoms with Crippen LogP contribution in [0.1, 0.15) is 72.1 Å². The van der Waals surface area contributed by atoms with Gasteiger partial charge in [0.2, 0.25) is 0 Å². The lowest BCUT2D eigenvalue weighted by Gasteiger charge is -2.61. The van der Waals surface area contributed by atoms with Crippen molar-refractivity contribution in [2.45, 2.75) is 84.3 Å². The summed E-state index contributed by atoms with van der Waals surface area (Å²) in [5, 5.41) is 22.1. The lowest BCUT2D eigenvalue weighted by molar-refractivity contribution is -0.143. The summed E-state index contributed by atoms with van der Waals surface area (Å²) in [5.41, 5.74) is 1.59. The van der Waals surface area contributed by atoms with Gasteiger partial charge in [0.25, 0.3) is 0 Å². The van der Waals surface area contributed by atoms with Gasteiger partial charge in [0.15, 0.2) is 0 Å². The Morgan fingerprint density at radius 2 is 2.00 bits per heavy atom. The third-order valence-corrected chi connectivity index (χ3v) is 8.65. The molecule has 130 valence electrons. The van der Waals surface area contributed by atoms with Crippen molar-refractivity contribution in [2.75, 3.05) is 0 Å². The summed E-state index contributed by atoms with van der Waals surface area (Å²) in [5.74, 6) is 2.34. The molecule has 0 aliphatic heterocycles. The Hall–Kier alpha value is -0.340. The van der Waals surface area contributed by atoms with E-state index in [0.717, 1.165) is 31.6 Å². The van der Waals surface area contributed by atoms with Crippen LogP contribution in [0.25, 0.3) is 0 Å². The van der Waals surface area contributed by atoms with E-state index in [2.05, 4.69) is 26.8 Å². The van der Waals surface area contributed by atoms with E-state index in [0.29, 0.717) is 23.2 Å². The highest BCUT2D eigenvalue weighted by Gasteiger charge is 2.62. The number of aliphatic hydroxyl groups is 2. The van der Waals surface area contributed by atoms with E-state index in [9.17, 15) is 10.2 Å². The first-order chi connectivity index (χ1) is 10.9. The Kier molecular flexibility index (Phi) is 3.74. The molecule has 2 heteroatoms. The summed E-state index contributed by atoms with van der Waals surface area (Å²) in [6.45, 7) is 7.10. The van der Waals surface area contributed by atoms with E-state index in [1.807, 2.05) is 0 Å². The molecule has 4 aliphatic carbocycles. The molecule has 0 bridgehead atoms. The number of hydrogen-bond acceptors (Lipinski definition) is 2. The van der Waals surface area contributed by atoms with Crippen LogP contribution < -0.4 is 0 Å². The van der Waals surface area contributed by atoms with Crippen LogP contribution >= 0.6 is 0 Å². The van der Waals surface area contributed by atoms with Crippen molar-refractivity contribution in [3.8, 4) is 0 Å². The highest BCUT2D eigenvalue weighted by molar-refractivity contribution is 5.28. The molecule has 8 atom stereocenters. The van der Waals surface area contributed by atoms with Crippen molar-refractivity contribution in [2.24, 2.45) is 34.5 Å². The van der Waals surface area contributed by atoms with E-state index in [4.69, 9.17) is 0 Å². The smallest absolute Gasteiger partial charge is 0.0758 e. The van der Waals surface area contributed by atoms with Gasteiger partial charge in [-0.05, 0) is 85.0 Å². The second-order valence-corrected chi connectivity index (χ2v) is 9.48. The van der Waals surface area contributed by atoms with E-state index < -0.39 is 0 Å². The van der Waals surface area contributed by atoms with E-state index in [1.54, 1.807) is 0 Å². The molecule has 0 aromatic rings. The van der Waals surface area contributed by atoms with Crippen LogP contribution in [-0.2, 0) is 0 Å². The Labute approximate surface area is 141 Å². The van der Waals surface area contributed by atoms with Crippen LogP contribution in [0, 0.1) is 34.5 Å². The largest absolute Gasteiger partial charge is 0.393 e. The fourth-order valence-electron chi connectivity index (χ4n) is 7.72. The third-order valence-electron chi connectivity index (χ3n) is 8.65. The van der Waals surface area contributed by atoms with Gasteiger partial charge in [0, 0.05) is 0 Å². The molecule has 0 spiro atoms. The van der Waals surface area contributed by atoms with Gasteiger partial charge < -0.3 is 10.2 Å². The number of aliphatic hydroxyl groups excluding tert-OH is 2. The predicted molar refractivity (Wildman–Crippen MR) is 92.9 cm³/mol. The number of hydrogen-bond donors (Lipinski definition) is 2. The SMILES string of the molecule is CC[C@H]1CC[C@H]2[C@@H]3C[C@@H](O)C4=CCCC[C@]4(C)[C@H]3[C@H](O)C[C@]12C. The summed E-state index contributed by atoms with van der Waals surface area (Å²) in [7, 11) is 0. The Bertz CT molecular complexity index is 512. The topological polar surface area (TPSA) is 40.5 Å². The molecule has 4 aliphatic rings. The number of allylic oxidation sites excluding steroid dienone is 1. The minimum Gasteiger partial charge on any atom is -0.393 e. The fraction of sp³-hybridized carbons (Fsp3) is 0.905. The second-order valence-electron chi connectivity index (χ2n) is 9.48. The van der Waals surface area contributed by atoms with Gasteiger partial charge in [0.05, 0.1) is 12.2 Å². The monoisotopic (exact) mass is 318 g/mol. The van der Waals surface area contributed by atoms with Gasteiger partial charge in [-0.15, -0.1) is 0 Å². The highest BCUT2D eigenvalue weighted by Crippen LogP contribution is 2.67. The van der Waals surface area contributed by atoms with Crippen molar-refractivity contribution in [3.05, 3.63) is 11.6 Å².